The molecule has 0 radical (unpaired) electrons. The van der Waals surface area contributed by atoms with Crippen LogP contribution in [-0.4, -0.2) is 73.1 Å². The zero-order valence-corrected chi connectivity index (χ0v) is 20.8. The number of aromatic nitrogens is 2. The number of fused-ring (bicyclic) bond motifs is 1. The molecular weight excluding hydrogens is 466 g/mol. The maximum atomic E-state index is 13.1. The van der Waals surface area contributed by atoms with Gasteiger partial charge in [0, 0.05) is 51.0 Å². The summed E-state index contributed by atoms with van der Waals surface area (Å²) in [6, 6.07) is 11.5. The topological polar surface area (TPSA) is 85.9 Å². The lowest BCUT2D eigenvalue weighted by molar-refractivity contribution is 0.0817. The summed E-state index contributed by atoms with van der Waals surface area (Å²) in [5, 5.41) is 6.81. The number of methoxy groups -OCH3 is 1. The van der Waals surface area contributed by atoms with Crippen LogP contribution < -0.4 is 20.3 Å². The molecule has 1 amide bonds. The minimum atomic E-state index is -0.0176. The first-order valence-corrected chi connectivity index (χ1v) is 11.9. The zero-order chi connectivity index (χ0) is 24.5. The number of ether oxygens (including phenoxy) is 1. The summed E-state index contributed by atoms with van der Waals surface area (Å²) in [4.78, 5) is 28.4. The Morgan fingerprint density at radius 3 is 2.54 bits per heavy atom. The molecule has 0 atom stereocenters. The fourth-order valence-electron chi connectivity index (χ4n) is 4.50. The molecule has 1 aromatic heterocycles. The largest absolute Gasteiger partial charge is 0.495 e. The van der Waals surface area contributed by atoms with Crippen molar-refractivity contribution in [3.8, 4) is 5.75 Å². The molecular formula is C25H28ClN7O2. The van der Waals surface area contributed by atoms with Gasteiger partial charge in [-0.1, -0.05) is 23.7 Å². The van der Waals surface area contributed by atoms with E-state index in [1.54, 1.807) is 12.0 Å². The van der Waals surface area contributed by atoms with Gasteiger partial charge in [-0.15, -0.1) is 0 Å². The van der Waals surface area contributed by atoms with E-state index in [1.165, 1.54) is 6.20 Å². The van der Waals surface area contributed by atoms with Crippen LogP contribution in [0.3, 0.4) is 0 Å². The van der Waals surface area contributed by atoms with Crippen molar-refractivity contribution in [3.05, 3.63) is 58.7 Å². The number of nitrogens with one attached hydrogen (secondary N) is 2. The van der Waals surface area contributed by atoms with Crippen molar-refractivity contribution in [2.75, 3.05) is 62.9 Å². The third kappa shape index (κ3) is 4.56. The van der Waals surface area contributed by atoms with Crippen LogP contribution in [0.4, 0.5) is 28.8 Å². The molecule has 2 aliphatic heterocycles. The molecule has 0 aliphatic carbocycles. The molecule has 3 aromatic rings. The highest BCUT2D eigenvalue weighted by Gasteiger charge is 2.32. The van der Waals surface area contributed by atoms with Gasteiger partial charge in [-0.3, -0.25) is 4.79 Å². The van der Waals surface area contributed by atoms with Crippen LogP contribution in [0.5, 0.6) is 5.75 Å². The first kappa shape index (κ1) is 23.2. The van der Waals surface area contributed by atoms with Crippen molar-refractivity contribution in [1.29, 1.82) is 0 Å². The van der Waals surface area contributed by atoms with Gasteiger partial charge in [0.15, 0.2) is 5.82 Å². The van der Waals surface area contributed by atoms with Crippen molar-refractivity contribution in [2.45, 2.75) is 6.54 Å². The van der Waals surface area contributed by atoms with E-state index in [1.807, 2.05) is 37.4 Å². The zero-order valence-electron chi connectivity index (χ0n) is 20.0. The number of piperazine rings is 1. The molecule has 1 saturated heterocycles. The third-order valence-corrected chi connectivity index (χ3v) is 6.72. The van der Waals surface area contributed by atoms with E-state index in [2.05, 4.69) is 43.5 Å². The minimum absolute atomic E-state index is 0.0176. The van der Waals surface area contributed by atoms with Gasteiger partial charge in [-0.05, 0) is 31.3 Å². The Morgan fingerprint density at radius 2 is 1.77 bits per heavy atom. The lowest BCUT2D eigenvalue weighted by Gasteiger charge is -2.35. The Balaban J connectivity index is 1.46. The predicted molar refractivity (Wildman–Crippen MR) is 139 cm³/mol. The van der Waals surface area contributed by atoms with Crippen molar-refractivity contribution in [3.63, 3.8) is 0 Å². The maximum absolute atomic E-state index is 13.1. The van der Waals surface area contributed by atoms with E-state index in [9.17, 15) is 4.79 Å². The summed E-state index contributed by atoms with van der Waals surface area (Å²) in [5.74, 6) is 1.43. The van der Waals surface area contributed by atoms with Crippen molar-refractivity contribution in [1.82, 2.24) is 19.8 Å². The summed E-state index contributed by atoms with van der Waals surface area (Å²) in [6.07, 6.45) is 1.53. The van der Waals surface area contributed by atoms with Crippen molar-refractivity contribution >= 4 is 46.3 Å². The van der Waals surface area contributed by atoms with Crippen LogP contribution in [0.25, 0.3) is 0 Å². The van der Waals surface area contributed by atoms with E-state index >= 15 is 0 Å². The van der Waals surface area contributed by atoms with Crippen molar-refractivity contribution in [2.24, 2.45) is 0 Å². The molecule has 5 rings (SSSR count). The summed E-state index contributed by atoms with van der Waals surface area (Å²) in [6.45, 7) is 4.43. The molecule has 1 fully saturated rings. The molecule has 2 aliphatic rings. The Hall–Kier alpha value is -3.56. The van der Waals surface area contributed by atoms with Gasteiger partial charge in [-0.25, -0.2) is 4.98 Å². The smallest absolute Gasteiger partial charge is 0.256 e. The number of halogens is 1. The summed E-state index contributed by atoms with van der Waals surface area (Å²) in [7, 11) is 5.57. The number of nitrogens with zero attached hydrogens (tertiary/aromatic N) is 5. The number of anilines is 5. The molecule has 9 nitrogen and oxygen atoms in total. The van der Waals surface area contributed by atoms with Gasteiger partial charge < -0.3 is 30.1 Å². The number of hydrogen-bond donors (Lipinski definition) is 2. The number of hydrogen-bond acceptors (Lipinski definition) is 8. The second-order valence-corrected chi connectivity index (χ2v) is 9.18. The quantitative estimate of drug-likeness (QED) is 0.533. The molecule has 10 heteroatoms. The average molecular weight is 494 g/mol. The number of carbonyl (C=O) groups is 1. The van der Waals surface area contributed by atoms with Crippen LogP contribution in [-0.2, 0) is 6.54 Å². The molecule has 0 unspecified atom stereocenters. The highest BCUT2D eigenvalue weighted by atomic mass is 35.5. The molecule has 35 heavy (non-hydrogen) atoms. The number of rotatable bonds is 6. The number of likely N-dealkylation sites (N-methyl/N-ethyl adjacent to an activating group) is 1. The molecule has 0 bridgehead atoms. The molecule has 182 valence electrons. The summed E-state index contributed by atoms with van der Waals surface area (Å²) >= 11 is 6.44. The fraction of sp³-hybridized carbons (Fsp3) is 0.320. The van der Waals surface area contributed by atoms with E-state index in [4.69, 9.17) is 16.3 Å². The second kappa shape index (κ2) is 9.59. The molecule has 2 N–H and O–H groups in total. The minimum Gasteiger partial charge on any atom is -0.495 e. The van der Waals surface area contributed by atoms with Crippen LogP contribution in [0.2, 0.25) is 5.02 Å². The fourth-order valence-corrected chi connectivity index (χ4v) is 4.64. The summed E-state index contributed by atoms with van der Waals surface area (Å²) in [5.41, 5.74) is 4.22. The van der Waals surface area contributed by atoms with Crippen molar-refractivity contribution < 1.29 is 9.53 Å². The van der Waals surface area contributed by atoms with Gasteiger partial charge in [0.2, 0.25) is 5.95 Å². The average Bonchev–Trinajstić information content (AvgIpc) is 3.17. The summed E-state index contributed by atoms with van der Waals surface area (Å²) < 4.78 is 5.40. The number of benzene rings is 2. The van der Waals surface area contributed by atoms with E-state index in [0.29, 0.717) is 40.3 Å². The van der Waals surface area contributed by atoms with E-state index in [0.717, 1.165) is 43.1 Å². The van der Waals surface area contributed by atoms with Crippen LogP contribution in [0.1, 0.15) is 15.9 Å². The lowest BCUT2D eigenvalue weighted by atomic mass is 10.0. The number of amides is 1. The van der Waals surface area contributed by atoms with Crippen LogP contribution in [0.15, 0.2) is 42.6 Å². The maximum Gasteiger partial charge on any atom is 0.256 e. The second-order valence-electron chi connectivity index (χ2n) is 8.78. The number of para-hydroxylation sites is 2. The van der Waals surface area contributed by atoms with Gasteiger partial charge in [-0.2, -0.15) is 4.98 Å². The van der Waals surface area contributed by atoms with Crippen LogP contribution in [0, 0.1) is 0 Å². The van der Waals surface area contributed by atoms with Crippen LogP contribution >= 0.6 is 11.6 Å². The molecule has 0 spiro atoms. The van der Waals surface area contributed by atoms with Gasteiger partial charge in [0.05, 0.1) is 30.2 Å². The predicted octanol–water partition coefficient (Wildman–Crippen LogP) is 3.96. The van der Waals surface area contributed by atoms with Gasteiger partial charge in [0.25, 0.3) is 5.91 Å². The first-order valence-electron chi connectivity index (χ1n) is 11.5. The SMILES string of the molecule is COc1ccccc1Nc1ncc(Cl)c(Nc2ccc(N3CCN(C)CC3)c3c2C(=O)N(C)C3)n1. The van der Waals surface area contributed by atoms with Gasteiger partial charge >= 0.3 is 0 Å². The normalized spacial score (nSPS) is 15.8. The third-order valence-electron chi connectivity index (χ3n) is 6.44. The highest BCUT2D eigenvalue weighted by Crippen LogP contribution is 2.38. The monoisotopic (exact) mass is 493 g/mol. The van der Waals surface area contributed by atoms with E-state index in [-0.39, 0.29) is 5.91 Å². The van der Waals surface area contributed by atoms with Gasteiger partial charge in [0.1, 0.15) is 10.8 Å². The van der Waals surface area contributed by atoms with E-state index < -0.39 is 0 Å². The molecule has 2 aromatic carbocycles. The molecule has 3 heterocycles. The standard InChI is InChI=1S/C25H28ClN7O2/c1-31-10-12-33(13-11-31)20-9-8-19(22-16(20)15-32(2)24(22)34)28-23-17(26)14-27-25(30-23)29-18-6-4-5-7-21(18)35-3/h4-9,14H,10-13,15H2,1-3H3,(H2,27,28,29,30). The lowest BCUT2D eigenvalue weighted by Crippen LogP contribution is -2.44. The first-order chi connectivity index (χ1) is 16.9. The highest BCUT2D eigenvalue weighted by molar-refractivity contribution is 6.33. The Labute approximate surface area is 209 Å². The Morgan fingerprint density at radius 1 is 1.00 bits per heavy atom. The number of carbonyl (C=O) groups excluding carboxylic acids is 1. The Kier molecular flexibility index (Phi) is 6.36. The Bertz CT molecular complexity index is 1260. The molecule has 0 saturated carbocycles.